The van der Waals surface area contributed by atoms with Gasteiger partial charge in [0.2, 0.25) is 5.91 Å². The van der Waals surface area contributed by atoms with Gasteiger partial charge in [0.25, 0.3) is 0 Å². The Morgan fingerprint density at radius 2 is 2.00 bits per heavy atom. The van der Waals surface area contributed by atoms with Crippen molar-refractivity contribution in [1.29, 1.82) is 0 Å². The molecule has 1 aliphatic heterocycles. The average molecular weight is 242 g/mol. The molecule has 1 N–H and O–H groups in total. The van der Waals surface area contributed by atoms with Gasteiger partial charge in [0.05, 0.1) is 12.5 Å². The van der Waals surface area contributed by atoms with Crippen LogP contribution in [0.2, 0.25) is 0 Å². The SMILES string of the molecule is CC1CN(C(C)(C)C)C(=O)C(CC(=O)O)N1C. The van der Waals surface area contributed by atoms with E-state index in [1.165, 1.54) is 0 Å². The van der Waals surface area contributed by atoms with Crippen LogP contribution in [-0.4, -0.2) is 58.0 Å². The molecule has 1 heterocycles. The number of amides is 1. The minimum atomic E-state index is -0.932. The second-order valence-corrected chi connectivity index (χ2v) is 5.75. The predicted octanol–water partition coefficient (Wildman–Crippen LogP) is 0.791. The fourth-order valence-corrected chi connectivity index (χ4v) is 2.15. The van der Waals surface area contributed by atoms with Crippen LogP contribution in [0.3, 0.4) is 0 Å². The van der Waals surface area contributed by atoms with Crippen molar-refractivity contribution in [1.82, 2.24) is 9.80 Å². The number of carbonyl (C=O) groups excluding carboxylic acids is 1. The summed E-state index contributed by atoms with van der Waals surface area (Å²) < 4.78 is 0. The van der Waals surface area contributed by atoms with Crippen LogP contribution in [0.1, 0.15) is 34.1 Å². The normalized spacial score (nSPS) is 27.4. The molecular weight excluding hydrogens is 220 g/mol. The molecule has 2 atom stereocenters. The van der Waals surface area contributed by atoms with E-state index < -0.39 is 12.0 Å². The second kappa shape index (κ2) is 4.64. The van der Waals surface area contributed by atoms with E-state index in [0.717, 1.165) is 0 Å². The first kappa shape index (κ1) is 14.0. The fraction of sp³-hybridized carbons (Fsp3) is 0.833. The van der Waals surface area contributed by atoms with Gasteiger partial charge in [-0.1, -0.05) is 0 Å². The van der Waals surface area contributed by atoms with E-state index in [-0.39, 0.29) is 23.9 Å². The Balaban J connectivity index is 2.95. The van der Waals surface area contributed by atoms with Crippen LogP contribution in [-0.2, 0) is 9.59 Å². The Kier molecular flexibility index (Phi) is 3.81. The molecule has 98 valence electrons. The van der Waals surface area contributed by atoms with Crippen LogP contribution in [0.5, 0.6) is 0 Å². The average Bonchev–Trinajstić information content (AvgIpc) is 2.16. The van der Waals surface area contributed by atoms with Gasteiger partial charge in [0.1, 0.15) is 0 Å². The summed E-state index contributed by atoms with van der Waals surface area (Å²) in [4.78, 5) is 26.8. The monoisotopic (exact) mass is 242 g/mol. The zero-order chi connectivity index (χ0) is 13.4. The molecule has 5 heteroatoms. The van der Waals surface area contributed by atoms with Crippen LogP contribution in [0.4, 0.5) is 0 Å². The van der Waals surface area contributed by atoms with Gasteiger partial charge in [-0.05, 0) is 34.7 Å². The topological polar surface area (TPSA) is 60.9 Å². The first-order chi connectivity index (χ1) is 7.64. The highest BCUT2D eigenvalue weighted by atomic mass is 16.4. The van der Waals surface area contributed by atoms with Crippen molar-refractivity contribution in [2.24, 2.45) is 0 Å². The molecule has 0 aromatic heterocycles. The Morgan fingerprint density at radius 1 is 1.47 bits per heavy atom. The van der Waals surface area contributed by atoms with Gasteiger partial charge in [0, 0.05) is 18.1 Å². The van der Waals surface area contributed by atoms with E-state index >= 15 is 0 Å². The lowest BCUT2D eigenvalue weighted by Gasteiger charge is -2.48. The number of carbonyl (C=O) groups is 2. The van der Waals surface area contributed by atoms with Crippen LogP contribution in [0, 0.1) is 0 Å². The summed E-state index contributed by atoms with van der Waals surface area (Å²) >= 11 is 0. The summed E-state index contributed by atoms with van der Waals surface area (Å²) in [6.45, 7) is 8.58. The molecule has 2 unspecified atom stereocenters. The lowest BCUT2D eigenvalue weighted by molar-refractivity contribution is -0.155. The third-order valence-corrected chi connectivity index (χ3v) is 3.36. The number of likely N-dealkylation sites (N-methyl/N-ethyl adjacent to an activating group) is 1. The molecule has 0 bridgehead atoms. The minimum absolute atomic E-state index is 0.0829. The van der Waals surface area contributed by atoms with E-state index in [1.54, 1.807) is 4.90 Å². The molecule has 0 saturated carbocycles. The number of carboxylic acids is 1. The highest BCUT2D eigenvalue weighted by Gasteiger charge is 2.41. The molecule has 1 aliphatic rings. The number of rotatable bonds is 2. The molecule has 0 spiro atoms. The quantitative estimate of drug-likeness (QED) is 0.777. The fourth-order valence-electron chi connectivity index (χ4n) is 2.15. The zero-order valence-corrected chi connectivity index (χ0v) is 11.2. The third kappa shape index (κ3) is 2.97. The first-order valence-electron chi connectivity index (χ1n) is 5.89. The Hall–Kier alpha value is -1.10. The van der Waals surface area contributed by atoms with Gasteiger partial charge in [-0.15, -0.1) is 0 Å². The van der Waals surface area contributed by atoms with Gasteiger partial charge in [-0.25, -0.2) is 0 Å². The minimum Gasteiger partial charge on any atom is -0.481 e. The summed E-state index contributed by atoms with van der Waals surface area (Å²) in [6, 6.07) is -0.369. The maximum Gasteiger partial charge on any atom is 0.305 e. The number of hydrogen-bond acceptors (Lipinski definition) is 3. The van der Waals surface area contributed by atoms with Crippen molar-refractivity contribution in [3.05, 3.63) is 0 Å². The van der Waals surface area contributed by atoms with Gasteiger partial charge in [-0.2, -0.15) is 0 Å². The van der Waals surface area contributed by atoms with E-state index in [9.17, 15) is 9.59 Å². The molecule has 0 aliphatic carbocycles. The summed E-state index contributed by atoms with van der Waals surface area (Å²) in [5, 5.41) is 8.88. The van der Waals surface area contributed by atoms with Crippen LogP contribution in [0.15, 0.2) is 0 Å². The summed E-state index contributed by atoms with van der Waals surface area (Å²) in [7, 11) is 1.82. The Morgan fingerprint density at radius 3 is 2.41 bits per heavy atom. The molecule has 1 saturated heterocycles. The van der Waals surface area contributed by atoms with Crippen molar-refractivity contribution in [2.75, 3.05) is 13.6 Å². The van der Waals surface area contributed by atoms with E-state index in [0.29, 0.717) is 6.54 Å². The van der Waals surface area contributed by atoms with Gasteiger partial charge < -0.3 is 10.0 Å². The number of piperazine rings is 1. The van der Waals surface area contributed by atoms with Crippen molar-refractivity contribution in [3.8, 4) is 0 Å². The maximum atomic E-state index is 12.3. The summed E-state index contributed by atoms with van der Waals surface area (Å²) in [5.74, 6) is -1.02. The lowest BCUT2D eigenvalue weighted by atomic mass is 9.97. The van der Waals surface area contributed by atoms with Gasteiger partial charge in [-0.3, -0.25) is 14.5 Å². The summed E-state index contributed by atoms with van der Waals surface area (Å²) in [5.41, 5.74) is -0.261. The highest BCUT2D eigenvalue weighted by molar-refractivity contribution is 5.87. The first-order valence-corrected chi connectivity index (χ1v) is 5.89. The maximum absolute atomic E-state index is 12.3. The molecule has 17 heavy (non-hydrogen) atoms. The molecule has 1 amide bonds. The van der Waals surface area contributed by atoms with Crippen molar-refractivity contribution in [3.63, 3.8) is 0 Å². The van der Waals surface area contributed by atoms with Crippen molar-refractivity contribution in [2.45, 2.75) is 51.7 Å². The predicted molar refractivity (Wildman–Crippen MR) is 64.7 cm³/mol. The lowest BCUT2D eigenvalue weighted by Crippen LogP contribution is -2.64. The van der Waals surface area contributed by atoms with E-state index in [2.05, 4.69) is 0 Å². The molecule has 1 rings (SSSR count). The van der Waals surface area contributed by atoms with Crippen molar-refractivity contribution < 1.29 is 14.7 Å². The molecule has 0 aromatic rings. The smallest absolute Gasteiger partial charge is 0.305 e. The number of nitrogens with zero attached hydrogens (tertiary/aromatic N) is 2. The summed E-state index contributed by atoms with van der Waals surface area (Å²) in [6.07, 6.45) is -0.133. The number of carboxylic acid groups (broad SMARTS) is 1. The molecular formula is C12H22N2O3. The van der Waals surface area contributed by atoms with Gasteiger partial charge in [0.15, 0.2) is 0 Å². The molecule has 0 radical (unpaired) electrons. The Bertz CT molecular complexity index is 322. The van der Waals surface area contributed by atoms with Crippen LogP contribution in [0.25, 0.3) is 0 Å². The third-order valence-electron chi connectivity index (χ3n) is 3.36. The van der Waals surface area contributed by atoms with E-state index in [4.69, 9.17) is 5.11 Å². The molecule has 1 fully saturated rings. The Labute approximate surface area is 102 Å². The van der Waals surface area contributed by atoms with Crippen LogP contribution < -0.4 is 0 Å². The highest BCUT2D eigenvalue weighted by Crippen LogP contribution is 2.24. The largest absolute Gasteiger partial charge is 0.481 e. The molecule has 5 nitrogen and oxygen atoms in total. The van der Waals surface area contributed by atoms with Crippen molar-refractivity contribution >= 4 is 11.9 Å². The molecule has 0 aromatic carbocycles. The number of hydrogen-bond donors (Lipinski definition) is 1. The second-order valence-electron chi connectivity index (χ2n) is 5.75. The van der Waals surface area contributed by atoms with E-state index in [1.807, 2.05) is 39.6 Å². The zero-order valence-electron chi connectivity index (χ0n) is 11.2. The van der Waals surface area contributed by atoms with Crippen LogP contribution >= 0.6 is 0 Å². The number of aliphatic carboxylic acids is 1. The standard InChI is InChI=1S/C12H22N2O3/c1-8-7-14(12(2,3)4)11(17)9(13(8)5)6-10(15)16/h8-9H,6-7H2,1-5H3,(H,15,16). The van der Waals surface area contributed by atoms with Gasteiger partial charge >= 0.3 is 5.97 Å².